The molecule has 0 aliphatic heterocycles. The van der Waals surface area contributed by atoms with Gasteiger partial charge in [0.25, 0.3) is 0 Å². The summed E-state index contributed by atoms with van der Waals surface area (Å²) < 4.78 is 0. The van der Waals surface area contributed by atoms with Gasteiger partial charge in [-0.05, 0) is 204 Å². The van der Waals surface area contributed by atoms with Crippen molar-refractivity contribution in [2.24, 2.45) is 10.8 Å². The van der Waals surface area contributed by atoms with Crippen molar-refractivity contribution in [3.05, 3.63) is 177 Å². The Kier molecular flexibility index (Phi) is 69.4. The van der Waals surface area contributed by atoms with Gasteiger partial charge in [0.15, 0.2) is 0 Å². The Labute approximate surface area is 476 Å². The highest BCUT2D eigenvalue weighted by molar-refractivity contribution is 5.39. The van der Waals surface area contributed by atoms with Gasteiger partial charge in [0.1, 0.15) is 0 Å². The van der Waals surface area contributed by atoms with E-state index < -0.39 is 0 Å². The summed E-state index contributed by atoms with van der Waals surface area (Å²) in [4.78, 5) is 0. The van der Waals surface area contributed by atoms with Crippen LogP contribution < -0.4 is 0 Å². The third kappa shape index (κ3) is 68.1. The maximum atomic E-state index is 2.28. The SMILES string of the molecule is C/C=C(/C)CC.C/C=C(/C)CC.C/C=C\C(C)(C)C.C/C=C\C(C)(C)C.C/C=C\CC.CCC(C)=C(C)C.CCC(C)=C(C)C.CCC(C)=C(C)C.CCC(CC)(c1ccccc1)c1ccccc1.CCC=C(C)C. The Balaban J connectivity index is -0.000000115. The molecule has 0 fully saturated rings. The van der Waals surface area contributed by atoms with E-state index in [-0.39, 0.29) is 5.41 Å². The summed E-state index contributed by atoms with van der Waals surface area (Å²) >= 11 is 0. The van der Waals surface area contributed by atoms with E-state index in [1.54, 1.807) is 0 Å². The molecule has 0 aliphatic rings. The van der Waals surface area contributed by atoms with E-state index in [1.807, 2.05) is 20.8 Å². The average molecular weight is 1040 g/mol. The highest BCUT2D eigenvalue weighted by Gasteiger charge is 2.29. The molecule has 436 valence electrons. The quantitative estimate of drug-likeness (QED) is 0.197. The van der Waals surface area contributed by atoms with Crippen LogP contribution in [0.4, 0.5) is 0 Å². The number of benzene rings is 2. The molecule has 0 bridgehead atoms. The third-order valence-electron chi connectivity index (χ3n) is 12.5. The molecule has 0 saturated carbocycles. The van der Waals surface area contributed by atoms with E-state index in [9.17, 15) is 0 Å². The lowest BCUT2D eigenvalue weighted by Crippen LogP contribution is -2.25. The van der Waals surface area contributed by atoms with Gasteiger partial charge >= 0.3 is 0 Å². The normalized spacial score (nSPS) is 10.7. The molecule has 0 N–H and O–H groups in total. The van der Waals surface area contributed by atoms with Crippen molar-refractivity contribution < 1.29 is 0 Å². The summed E-state index contributed by atoms with van der Waals surface area (Å²) in [6, 6.07) is 21.7. The first-order valence-electron chi connectivity index (χ1n) is 29.6. The van der Waals surface area contributed by atoms with E-state index >= 15 is 0 Å². The van der Waals surface area contributed by atoms with Crippen LogP contribution in [0.2, 0.25) is 0 Å². The Morgan fingerprint density at radius 1 is 0.373 bits per heavy atom. The summed E-state index contributed by atoms with van der Waals surface area (Å²) in [5.74, 6) is 0. The van der Waals surface area contributed by atoms with Crippen LogP contribution in [0.5, 0.6) is 0 Å². The molecular formula is C75H136. The van der Waals surface area contributed by atoms with Gasteiger partial charge in [-0.15, -0.1) is 0 Å². The lowest BCUT2D eigenvalue weighted by Gasteiger charge is -2.33. The number of hydrogen-bond donors (Lipinski definition) is 0. The molecule has 0 unspecified atom stereocenters. The molecule has 0 amide bonds. The van der Waals surface area contributed by atoms with E-state index in [0.717, 1.165) is 19.3 Å². The molecule has 2 aromatic rings. The fourth-order valence-electron chi connectivity index (χ4n) is 5.86. The lowest BCUT2D eigenvalue weighted by atomic mass is 9.71. The zero-order valence-corrected chi connectivity index (χ0v) is 57.3. The van der Waals surface area contributed by atoms with Crippen LogP contribution in [-0.2, 0) is 5.41 Å². The standard InChI is InChI=1S/C17H20.5C7H14.3C6H12.C5H10/c1-3-17(4-2,15-11-7-5-8-12-15)16-13-9-6-10-14-16;2*1-5-6-7(2,3)4;3*1-5-7(4)6(2)3;1-4-5-6(2)3;2*1-4-6(3)5-2;1-3-5-4-2/h5-14H,3-4H2,1-2H3;2*5-6H,1-4H3;3*5H2,1-4H3;5H,4H2,1-3H3;2*4H,5H2,1-3H3;3,5H,4H2,1-2H3/b;2*6-5-;;;;;2*6-4-;5-3-. The van der Waals surface area contributed by atoms with Crippen LogP contribution in [0.25, 0.3) is 0 Å². The maximum Gasteiger partial charge on any atom is 0.0197 e. The molecule has 0 heteroatoms. The van der Waals surface area contributed by atoms with E-state index in [2.05, 4.69) is 323 Å². The molecule has 2 aromatic carbocycles. The van der Waals surface area contributed by atoms with Crippen LogP contribution in [0, 0.1) is 10.8 Å². The number of rotatable bonds is 11. The Morgan fingerprint density at radius 3 is 0.720 bits per heavy atom. The summed E-state index contributed by atoms with van der Waals surface area (Å²) in [6.07, 6.45) is 29.8. The largest absolute Gasteiger partial charge is 0.0917 e. The van der Waals surface area contributed by atoms with Crippen LogP contribution >= 0.6 is 0 Å². The van der Waals surface area contributed by atoms with E-state index in [1.165, 1.54) is 99.8 Å². The van der Waals surface area contributed by atoms with Gasteiger partial charge in [-0.25, -0.2) is 0 Å². The van der Waals surface area contributed by atoms with Crippen molar-refractivity contribution in [1.82, 2.24) is 0 Å². The lowest BCUT2D eigenvalue weighted by molar-refractivity contribution is 0.478. The molecule has 0 heterocycles. The van der Waals surface area contributed by atoms with Crippen molar-refractivity contribution in [2.45, 2.75) is 292 Å². The fraction of sp³-hybridized carbons (Fsp3) is 0.600. The summed E-state index contributed by atoms with van der Waals surface area (Å²) in [7, 11) is 0. The van der Waals surface area contributed by atoms with Gasteiger partial charge < -0.3 is 0 Å². The summed E-state index contributed by atoms with van der Waals surface area (Å²) in [5.41, 5.74) is 17.0. The Bertz CT molecular complexity index is 1650. The van der Waals surface area contributed by atoms with E-state index in [4.69, 9.17) is 0 Å². The third-order valence-corrected chi connectivity index (χ3v) is 12.5. The van der Waals surface area contributed by atoms with Crippen molar-refractivity contribution in [1.29, 1.82) is 0 Å². The molecule has 0 nitrogen and oxygen atoms in total. The van der Waals surface area contributed by atoms with Crippen LogP contribution in [0.1, 0.15) is 297 Å². The van der Waals surface area contributed by atoms with Crippen LogP contribution in [0.15, 0.2) is 166 Å². The van der Waals surface area contributed by atoms with Gasteiger partial charge in [-0.2, -0.15) is 0 Å². The average Bonchev–Trinajstić information content (AvgIpc) is 3.37. The van der Waals surface area contributed by atoms with Gasteiger partial charge in [0, 0.05) is 5.41 Å². The molecule has 0 spiro atoms. The minimum atomic E-state index is 0.169. The summed E-state index contributed by atoms with van der Waals surface area (Å²) in [5, 5.41) is 0. The first-order chi connectivity index (χ1) is 34.8. The van der Waals surface area contributed by atoms with Crippen molar-refractivity contribution in [3.8, 4) is 0 Å². The van der Waals surface area contributed by atoms with Gasteiger partial charge in [0.2, 0.25) is 0 Å². The topological polar surface area (TPSA) is 0 Å². The monoisotopic (exact) mass is 1040 g/mol. The van der Waals surface area contributed by atoms with Crippen molar-refractivity contribution >= 4 is 0 Å². The minimum Gasteiger partial charge on any atom is -0.0917 e. The van der Waals surface area contributed by atoms with Crippen molar-refractivity contribution in [2.75, 3.05) is 0 Å². The second-order valence-electron chi connectivity index (χ2n) is 22.3. The van der Waals surface area contributed by atoms with Crippen molar-refractivity contribution in [3.63, 3.8) is 0 Å². The molecule has 2 rings (SSSR count). The predicted molar refractivity (Wildman–Crippen MR) is 360 cm³/mol. The smallest absolute Gasteiger partial charge is 0.0197 e. The number of allylic oxidation sites excluding steroid dienone is 18. The fourth-order valence-corrected chi connectivity index (χ4v) is 5.86. The zero-order valence-electron chi connectivity index (χ0n) is 57.3. The molecular weight excluding hydrogens is 901 g/mol. The zero-order chi connectivity index (χ0) is 60.6. The number of hydrogen-bond acceptors (Lipinski definition) is 0. The molecule has 0 atom stereocenters. The second-order valence-corrected chi connectivity index (χ2v) is 22.3. The van der Waals surface area contributed by atoms with Gasteiger partial charge in [-0.3, -0.25) is 0 Å². The van der Waals surface area contributed by atoms with E-state index in [0.29, 0.717) is 10.8 Å². The highest BCUT2D eigenvalue weighted by Crippen LogP contribution is 2.38. The van der Waals surface area contributed by atoms with Crippen LogP contribution in [0.3, 0.4) is 0 Å². The second kappa shape index (κ2) is 59.3. The molecule has 0 aliphatic carbocycles. The Hall–Kier alpha value is -3.90. The predicted octanol–water partition coefficient (Wildman–Crippen LogP) is 27.3. The summed E-state index contributed by atoms with van der Waals surface area (Å²) in [6.45, 7) is 71.0. The highest BCUT2D eigenvalue weighted by atomic mass is 14.3. The van der Waals surface area contributed by atoms with Gasteiger partial charge in [-0.1, -0.05) is 269 Å². The first kappa shape index (κ1) is 87.7. The minimum absolute atomic E-state index is 0.169. The van der Waals surface area contributed by atoms with Gasteiger partial charge in [0.05, 0.1) is 0 Å². The molecule has 75 heavy (non-hydrogen) atoms. The molecule has 0 aromatic heterocycles. The molecule has 0 saturated heterocycles. The molecule has 0 radical (unpaired) electrons. The first-order valence-corrected chi connectivity index (χ1v) is 29.6. The maximum absolute atomic E-state index is 2.28. The Morgan fingerprint density at radius 2 is 0.653 bits per heavy atom. The van der Waals surface area contributed by atoms with Crippen LogP contribution in [-0.4, -0.2) is 0 Å².